The average Bonchev–Trinajstić information content (AvgIpc) is 2.32. The quantitative estimate of drug-likeness (QED) is 0.638. The summed E-state index contributed by atoms with van der Waals surface area (Å²) in [6.07, 6.45) is 0.556. The Morgan fingerprint density at radius 3 is 2.15 bits per heavy atom. The first-order valence-corrected chi connectivity index (χ1v) is 7.07. The van der Waals surface area contributed by atoms with Crippen molar-refractivity contribution in [3.05, 3.63) is 0 Å². The minimum absolute atomic E-state index is 0.0104. The van der Waals surface area contributed by atoms with Gasteiger partial charge in [0.1, 0.15) is 5.88 Å². The number of nitrogens with one attached hydrogen (secondary N) is 1. The fourth-order valence-corrected chi connectivity index (χ4v) is 3.07. The summed E-state index contributed by atoms with van der Waals surface area (Å²) in [6, 6.07) is -0.0104. The second-order valence-corrected chi connectivity index (χ2v) is 6.54. The van der Waals surface area contributed by atoms with E-state index in [0.717, 1.165) is 0 Å². The number of carbonyl (C=O) groups is 2. The summed E-state index contributed by atoms with van der Waals surface area (Å²) < 4.78 is 4.56. The van der Waals surface area contributed by atoms with Crippen LogP contribution in [-0.4, -0.2) is 47.2 Å². The minimum Gasteiger partial charge on any atom is -0.436 e. The van der Waals surface area contributed by atoms with Gasteiger partial charge >= 0.3 is 6.16 Å². The Balaban J connectivity index is 2.86. The van der Waals surface area contributed by atoms with Gasteiger partial charge in [-0.25, -0.2) is 4.79 Å². The van der Waals surface area contributed by atoms with E-state index in [4.69, 9.17) is 16.4 Å². The number of hydroxylamine groups is 2. The molecular formula is C13H23ClN2O4. The molecule has 1 saturated heterocycles. The molecule has 1 amide bonds. The van der Waals surface area contributed by atoms with Crippen LogP contribution in [0, 0.1) is 0 Å². The Morgan fingerprint density at radius 1 is 1.25 bits per heavy atom. The normalized spacial score (nSPS) is 22.1. The largest absolute Gasteiger partial charge is 0.527 e. The van der Waals surface area contributed by atoms with Crippen LogP contribution in [0.5, 0.6) is 0 Å². The van der Waals surface area contributed by atoms with Gasteiger partial charge in [-0.15, -0.1) is 16.7 Å². The third-order valence-corrected chi connectivity index (χ3v) is 3.65. The van der Waals surface area contributed by atoms with Crippen molar-refractivity contribution in [1.29, 1.82) is 0 Å². The Bertz CT molecular complexity index is 367. The molecule has 1 fully saturated rings. The maximum atomic E-state index is 11.4. The Morgan fingerprint density at radius 2 is 1.75 bits per heavy atom. The topological polar surface area (TPSA) is 67.9 Å². The summed E-state index contributed by atoms with van der Waals surface area (Å²) in [5, 5.41) is 4.55. The van der Waals surface area contributed by atoms with Crippen molar-refractivity contribution in [2.24, 2.45) is 0 Å². The summed E-state index contributed by atoms with van der Waals surface area (Å²) in [5.74, 6) is -0.245. The van der Waals surface area contributed by atoms with Crippen molar-refractivity contribution in [3.63, 3.8) is 0 Å². The van der Waals surface area contributed by atoms with E-state index in [1.54, 1.807) is 5.06 Å². The number of methoxy groups -OCH3 is 1. The molecule has 1 aliphatic heterocycles. The molecular weight excluding hydrogens is 284 g/mol. The molecule has 116 valence electrons. The molecule has 20 heavy (non-hydrogen) atoms. The van der Waals surface area contributed by atoms with E-state index < -0.39 is 17.2 Å². The lowest BCUT2D eigenvalue weighted by molar-refractivity contribution is -0.253. The minimum atomic E-state index is -0.741. The van der Waals surface area contributed by atoms with Crippen LogP contribution in [0.15, 0.2) is 0 Å². The van der Waals surface area contributed by atoms with Gasteiger partial charge in [0.25, 0.3) is 0 Å². The zero-order valence-electron chi connectivity index (χ0n) is 12.7. The number of amides is 1. The second kappa shape index (κ2) is 6.18. The second-order valence-electron chi connectivity index (χ2n) is 6.27. The molecule has 0 atom stereocenters. The molecule has 0 unspecified atom stereocenters. The lowest BCUT2D eigenvalue weighted by Gasteiger charge is -2.52. The number of carbonyl (C=O) groups excluding carboxylic acids is 2. The van der Waals surface area contributed by atoms with E-state index in [0.29, 0.717) is 12.8 Å². The van der Waals surface area contributed by atoms with Gasteiger partial charge in [0.05, 0.1) is 18.2 Å². The highest BCUT2D eigenvalue weighted by atomic mass is 35.5. The zero-order chi connectivity index (χ0) is 15.6. The van der Waals surface area contributed by atoms with Gasteiger partial charge in [-0.3, -0.25) is 4.79 Å². The van der Waals surface area contributed by atoms with Crippen molar-refractivity contribution in [2.45, 2.75) is 57.7 Å². The standard InChI is InChI=1S/C13H23ClN2O4/c1-12(2)6-9(15-10(17)8-14)7-13(3,4)16(12)20-11(18)19-5/h9H,6-8H2,1-5H3,(H,15,17). The molecule has 0 aromatic heterocycles. The predicted molar refractivity (Wildman–Crippen MR) is 75.4 cm³/mol. The molecule has 7 heteroatoms. The zero-order valence-corrected chi connectivity index (χ0v) is 13.4. The molecule has 0 aromatic carbocycles. The van der Waals surface area contributed by atoms with Crippen LogP contribution in [0.2, 0.25) is 0 Å². The molecule has 1 aliphatic rings. The number of hydrogen-bond donors (Lipinski definition) is 1. The maximum absolute atomic E-state index is 11.4. The van der Waals surface area contributed by atoms with Crippen LogP contribution >= 0.6 is 11.6 Å². The van der Waals surface area contributed by atoms with Gasteiger partial charge in [-0.2, -0.15) is 0 Å². The molecule has 0 bridgehead atoms. The van der Waals surface area contributed by atoms with Crippen LogP contribution < -0.4 is 5.32 Å². The molecule has 0 spiro atoms. The summed E-state index contributed by atoms with van der Waals surface area (Å²) >= 11 is 5.52. The van der Waals surface area contributed by atoms with Crippen molar-refractivity contribution >= 4 is 23.7 Å². The molecule has 0 radical (unpaired) electrons. The summed E-state index contributed by atoms with van der Waals surface area (Å²) in [5.41, 5.74) is -0.861. The van der Waals surface area contributed by atoms with Gasteiger partial charge in [-0.1, -0.05) is 0 Å². The molecule has 6 nitrogen and oxygen atoms in total. The number of halogens is 1. The third kappa shape index (κ3) is 3.99. The Kier molecular flexibility index (Phi) is 5.27. The molecule has 0 aromatic rings. The van der Waals surface area contributed by atoms with Crippen LogP contribution in [0.3, 0.4) is 0 Å². The number of alkyl halides is 1. The van der Waals surface area contributed by atoms with E-state index in [2.05, 4.69) is 10.1 Å². The van der Waals surface area contributed by atoms with Crippen molar-refractivity contribution in [1.82, 2.24) is 10.4 Å². The van der Waals surface area contributed by atoms with E-state index in [1.807, 2.05) is 27.7 Å². The maximum Gasteiger partial charge on any atom is 0.527 e. The molecule has 0 aliphatic carbocycles. The van der Waals surface area contributed by atoms with Crippen LogP contribution in [0.25, 0.3) is 0 Å². The SMILES string of the molecule is COC(=O)ON1C(C)(C)CC(NC(=O)CCl)CC1(C)C. The average molecular weight is 307 g/mol. The molecule has 1 N–H and O–H groups in total. The van der Waals surface area contributed by atoms with Crippen molar-refractivity contribution in [3.8, 4) is 0 Å². The lowest BCUT2D eigenvalue weighted by Crippen LogP contribution is -2.64. The fourth-order valence-electron chi connectivity index (χ4n) is 2.99. The monoisotopic (exact) mass is 306 g/mol. The lowest BCUT2D eigenvalue weighted by atomic mass is 9.79. The van der Waals surface area contributed by atoms with Crippen LogP contribution in [0.4, 0.5) is 4.79 Å². The van der Waals surface area contributed by atoms with Gasteiger partial charge in [0.2, 0.25) is 5.91 Å². The first-order valence-electron chi connectivity index (χ1n) is 6.54. The Hall–Kier alpha value is -1.01. The summed E-state index contributed by atoms with van der Waals surface area (Å²) in [7, 11) is 1.27. The number of ether oxygens (including phenoxy) is 1. The first kappa shape index (κ1) is 17.0. The third-order valence-electron chi connectivity index (χ3n) is 3.41. The number of rotatable bonds is 3. The summed E-state index contributed by atoms with van der Waals surface area (Å²) in [4.78, 5) is 28.1. The van der Waals surface area contributed by atoms with E-state index >= 15 is 0 Å². The van der Waals surface area contributed by atoms with Gasteiger partial charge < -0.3 is 14.9 Å². The molecule has 1 heterocycles. The van der Waals surface area contributed by atoms with Gasteiger partial charge in [0, 0.05) is 6.04 Å². The van der Waals surface area contributed by atoms with Gasteiger partial charge in [-0.05, 0) is 40.5 Å². The van der Waals surface area contributed by atoms with Crippen LogP contribution in [0.1, 0.15) is 40.5 Å². The Labute approximate surface area is 124 Å². The fraction of sp³-hybridized carbons (Fsp3) is 0.846. The number of hydrogen-bond acceptors (Lipinski definition) is 5. The highest BCUT2D eigenvalue weighted by Crippen LogP contribution is 2.38. The first-order chi connectivity index (χ1) is 9.12. The summed E-state index contributed by atoms with van der Waals surface area (Å²) in [6.45, 7) is 7.82. The van der Waals surface area contributed by atoms with Crippen molar-refractivity contribution < 1.29 is 19.2 Å². The highest BCUT2D eigenvalue weighted by molar-refractivity contribution is 6.27. The molecule has 0 saturated carbocycles. The van der Waals surface area contributed by atoms with Gasteiger partial charge in [0.15, 0.2) is 0 Å². The van der Waals surface area contributed by atoms with E-state index in [-0.39, 0.29) is 17.8 Å². The van der Waals surface area contributed by atoms with E-state index in [1.165, 1.54) is 7.11 Å². The molecule has 1 rings (SSSR count). The predicted octanol–water partition coefficient (Wildman–Crippen LogP) is 2.06. The number of piperidine rings is 1. The number of nitrogens with zero attached hydrogens (tertiary/aromatic N) is 1. The van der Waals surface area contributed by atoms with Crippen LogP contribution in [-0.2, 0) is 14.4 Å². The van der Waals surface area contributed by atoms with Crippen molar-refractivity contribution in [2.75, 3.05) is 13.0 Å². The highest BCUT2D eigenvalue weighted by Gasteiger charge is 2.48. The van der Waals surface area contributed by atoms with E-state index in [9.17, 15) is 9.59 Å². The smallest absolute Gasteiger partial charge is 0.436 e.